The average Bonchev–Trinajstić information content (AvgIpc) is 2.28. The van der Waals surface area contributed by atoms with Gasteiger partial charge in [-0.05, 0) is 0 Å². The molecule has 0 aromatic carbocycles. The molecule has 0 aromatic rings. The van der Waals surface area contributed by atoms with E-state index < -0.39 is 36.6 Å². The number of aliphatic hydroxyl groups is 2. The quantitative estimate of drug-likeness (QED) is 0.327. The Morgan fingerprint density at radius 3 is 2.78 bits per heavy atom. The van der Waals surface area contributed by atoms with Gasteiger partial charge in [-0.25, -0.2) is 4.79 Å². The third-order valence-corrected chi connectivity index (χ3v) is 2.53. The van der Waals surface area contributed by atoms with Crippen molar-refractivity contribution >= 4 is 15.2 Å². The minimum Gasteiger partial charge on any atom is -0.479 e. The zero-order valence-electron chi connectivity index (χ0n) is 9.64. The average molecular weight is 283 g/mol. The number of aliphatic carboxylic acids is 1. The second-order valence-electron chi connectivity index (χ2n) is 3.78. The predicted molar refractivity (Wildman–Crippen MR) is 62.5 cm³/mol. The van der Waals surface area contributed by atoms with Crippen molar-refractivity contribution in [3.05, 3.63) is 0 Å². The first-order valence-electron chi connectivity index (χ1n) is 5.42. The Hall–Kier alpha value is -0.340. The first-order chi connectivity index (χ1) is 8.45. The maximum absolute atomic E-state index is 11.0. The van der Waals surface area contributed by atoms with Crippen molar-refractivity contribution in [2.24, 2.45) is 5.73 Å². The Kier molecular flexibility index (Phi) is 6.37. The number of rotatable bonds is 6. The molecule has 1 heterocycles. The summed E-state index contributed by atoms with van der Waals surface area (Å²) < 4.78 is 15.2. The van der Waals surface area contributed by atoms with Gasteiger partial charge in [-0.2, -0.15) is 0 Å². The van der Waals surface area contributed by atoms with Gasteiger partial charge in [0.15, 0.2) is 18.4 Å². The van der Waals surface area contributed by atoms with Crippen LogP contribution < -0.4 is 5.73 Å². The van der Waals surface area contributed by atoms with E-state index in [4.69, 9.17) is 30.2 Å². The summed E-state index contributed by atoms with van der Waals surface area (Å²) in [4.78, 5) is 11.0. The van der Waals surface area contributed by atoms with Crippen LogP contribution in [0.5, 0.6) is 0 Å². The van der Waals surface area contributed by atoms with Crippen molar-refractivity contribution < 1.29 is 34.3 Å². The van der Waals surface area contributed by atoms with Crippen LogP contribution >= 0.6 is 9.24 Å². The number of carboxylic acid groups (broad SMARTS) is 1. The maximum Gasteiger partial charge on any atom is 0.335 e. The number of hydrogen-bond donors (Lipinski definition) is 4. The van der Waals surface area contributed by atoms with E-state index in [0.29, 0.717) is 0 Å². The third kappa shape index (κ3) is 4.40. The van der Waals surface area contributed by atoms with Crippen LogP contribution in [0.4, 0.5) is 0 Å². The summed E-state index contributed by atoms with van der Waals surface area (Å²) >= 11 is 0. The lowest BCUT2D eigenvalue weighted by Crippen LogP contribution is -2.54. The van der Waals surface area contributed by atoms with E-state index in [0.717, 1.165) is 0 Å². The molecule has 5 N–H and O–H groups in total. The molecule has 0 aromatic heterocycles. The van der Waals surface area contributed by atoms with Crippen molar-refractivity contribution in [2.75, 3.05) is 13.2 Å². The van der Waals surface area contributed by atoms with Crippen LogP contribution in [0.15, 0.2) is 0 Å². The van der Waals surface area contributed by atoms with Crippen LogP contribution in [0.25, 0.3) is 0 Å². The minimum atomic E-state index is -1.41. The molecular formula is C9H18NO7P. The van der Waals surface area contributed by atoms with Gasteiger partial charge in [-0.1, -0.05) is 9.24 Å². The van der Waals surface area contributed by atoms with E-state index >= 15 is 0 Å². The van der Waals surface area contributed by atoms with Crippen LogP contribution in [-0.4, -0.2) is 65.1 Å². The van der Waals surface area contributed by atoms with Gasteiger partial charge in [-0.3, -0.25) is 0 Å². The van der Waals surface area contributed by atoms with Gasteiger partial charge in [0.25, 0.3) is 0 Å². The first-order valence-corrected chi connectivity index (χ1v) is 6.09. The molecule has 1 aliphatic heterocycles. The Labute approximate surface area is 106 Å². The Morgan fingerprint density at radius 1 is 1.61 bits per heavy atom. The number of carbonyl (C=O) groups is 1. The molecule has 9 heteroatoms. The smallest absolute Gasteiger partial charge is 0.335 e. The molecule has 8 nitrogen and oxygen atoms in total. The number of carboxylic acids is 1. The zero-order chi connectivity index (χ0) is 13.7. The highest BCUT2D eigenvalue weighted by Gasteiger charge is 2.43. The molecule has 0 radical (unpaired) electrons. The molecular weight excluding hydrogens is 265 g/mol. The van der Waals surface area contributed by atoms with Gasteiger partial charge in [0.2, 0.25) is 0 Å². The Balaban J connectivity index is 2.67. The fourth-order valence-corrected chi connectivity index (χ4v) is 1.84. The van der Waals surface area contributed by atoms with Crippen molar-refractivity contribution in [2.45, 2.75) is 37.1 Å². The summed E-state index contributed by atoms with van der Waals surface area (Å²) in [6.07, 6.45) is -4.49. The normalized spacial score (nSPS) is 34.2. The minimum absolute atomic E-state index is 0.0475. The molecule has 1 fully saturated rings. The monoisotopic (exact) mass is 283 g/mol. The molecule has 106 valence electrons. The lowest BCUT2D eigenvalue weighted by molar-refractivity contribution is -0.270. The largest absolute Gasteiger partial charge is 0.479 e. The van der Waals surface area contributed by atoms with Gasteiger partial charge in [0.05, 0.1) is 12.7 Å². The molecule has 18 heavy (non-hydrogen) atoms. The molecule has 1 saturated heterocycles. The first kappa shape index (κ1) is 15.7. The maximum atomic E-state index is 11.0. The molecule has 6 unspecified atom stereocenters. The summed E-state index contributed by atoms with van der Waals surface area (Å²) in [6, 6.07) is -1.28. The van der Waals surface area contributed by atoms with Gasteiger partial charge in [-0.15, -0.1) is 0 Å². The predicted octanol–water partition coefficient (Wildman–Crippen LogP) is -1.94. The molecule has 0 bridgehead atoms. The van der Waals surface area contributed by atoms with Crippen LogP contribution in [0.2, 0.25) is 0 Å². The van der Waals surface area contributed by atoms with E-state index in [1.165, 1.54) is 0 Å². The van der Waals surface area contributed by atoms with Crippen molar-refractivity contribution in [3.8, 4) is 0 Å². The zero-order valence-corrected chi connectivity index (χ0v) is 10.8. The fourth-order valence-electron chi connectivity index (χ4n) is 1.66. The summed E-state index contributed by atoms with van der Waals surface area (Å²) in [5.74, 6) is -1.30. The molecule has 0 saturated carbocycles. The van der Waals surface area contributed by atoms with Crippen LogP contribution in [-0.2, 0) is 19.0 Å². The summed E-state index contributed by atoms with van der Waals surface area (Å²) in [7, 11) is 1.93. The van der Waals surface area contributed by atoms with Gasteiger partial charge in [0.1, 0.15) is 6.10 Å². The highest BCUT2D eigenvalue weighted by molar-refractivity contribution is 7.16. The van der Waals surface area contributed by atoms with Crippen LogP contribution in [0, 0.1) is 0 Å². The van der Waals surface area contributed by atoms with E-state index in [9.17, 15) is 9.90 Å². The Bertz CT molecular complexity index is 278. The molecule has 1 aliphatic rings. The fraction of sp³-hybridized carbons (Fsp3) is 0.889. The van der Waals surface area contributed by atoms with Crippen molar-refractivity contribution in [1.82, 2.24) is 0 Å². The van der Waals surface area contributed by atoms with Gasteiger partial charge < -0.3 is 35.3 Å². The van der Waals surface area contributed by atoms with E-state index in [2.05, 4.69) is 0 Å². The summed E-state index contributed by atoms with van der Waals surface area (Å²) in [5, 5.41) is 27.9. The third-order valence-electron chi connectivity index (χ3n) is 2.37. The standard InChI is InChI=1S/C9H18NO7P/c10-1-2-15-5-3-4(11)6(17-9(14)18)7(16-5)8(12)13/h4-7,9,11,14H,1-3,10,18H2,(H,12,13). The topological polar surface area (TPSA) is 131 Å². The van der Waals surface area contributed by atoms with Crippen LogP contribution in [0.1, 0.15) is 6.42 Å². The van der Waals surface area contributed by atoms with Crippen LogP contribution in [0.3, 0.4) is 0 Å². The summed E-state index contributed by atoms with van der Waals surface area (Å²) in [6.45, 7) is 0.458. The second-order valence-corrected chi connectivity index (χ2v) is 4.35. The van der Waals surface area contributed by atoms with Gasteiger partial charge >= 0.3 is 5.97 Å². The number of ether oxygens (including phenoxy) is 3. The lowest BCUT2D eigenvalue weighted by Gasteiger charge is -2.37. The van der Waals surface area contributed by atoms with E-state index in [1.54, 1.807) is 0 Å². The molecule has 0 aliphatic carbocycles. The highest BCUT2D eigenvalue weighted by atomic mass is 31.0. The van der Waals surface area contributed by atoms with Gasteiger partial charge in [0, 0.05) is 13.0 Å². The van der Waals surface area contributed by atoms with Crippen molar-refractivity contribution in [3.63, 3.8) is 0 Å². The number of nitrogens with two attached hydrogens (primary N) is 1. The van der Waals surface area contributed by atoms with E-state index in [1.807, 2.05) is 9.24 Å². The SMILES string of the molecule is NCCOC1CC(O)C(OC(O)P)C(C(=O)O)O1. The Morgan fingerprint density at radius 2 is 2.28 bits per heavy atom. The molecule has 0 amide bonds. The van der Waals surface area contributed by atoms with E-state index in [-0.39, 0.29) is 19.6 Å². The number of hydrogen-bond acceptors (Lipinski definition) is 7. The highest BCUT2D eigenvalue weighted by Crippen LogP contribution is 2.25. The lowest BCUT2D eigenvalue weighted by atomic mass is 10.0. The molecule has 0 spiro atoms. The number of aliphatic hydroxyl groups excluding tert-OH is 2. The molecule has 6 atom stereocenters. The summed E-state index contributed by atoms with van der Waals surface area (Å²) in [5.41, 5.74) is 5.25. The van der Waals surface area contributed by atoms with Crippen molar-refractivity contribution in [1.29, 1.82) is 0 Å². The molecule has 1 rings (SSSR count). The second kappa shape index (κ2) is 7.30.